The van der Waals surface area contributed by atoms with Crippen molar-refractivity contribution in [3.8, 4) is 0 Å². The molecular formula is C25H37NS. The molecule has 0 amide bonds. The van der Waals surface area contributed by atoms with Gasteiger partial charge in [-0.15, -0.1) is 11.8 Å². The van der Waals surface area contributed by atoms with Crippen molar-refractivity contribution in [3.05, 3.63) is 24.3 Å². The molecule has 0 aliphatic heterocycles. The van der Waals surface area contributed by atoms with Crippen molar-refractivity contribution in [1.82, 2.24) is 0 Å². The van der Waals surface area contributed by atoms with Crippen LogP contribution in [0.2, 0.25) is 0 Å². The van der Waals surface area contributed by atoms with Crippen LogP contribution in [0.5, 0.6) is 0 Å². The topological polar surface area (TPSA) is 26.0 Å². The highest BCUT2D eigenvalue weighted by Crippen LogP contribution is 2.68. The van der Waals surface area contributed by atoms with Crippen LogP contribution in [-0.4, -0.2) is 5.25 Å². The highest BCUT2D eigenvalue weighted by molar-refractivity contribution is 8.00. The fourth-order valence-electron chi connectivity index (χ4n) is 8.06. The van der Waals surface area contributed by atoms with E-state index in [0.29, 0.717) is 10.8 Å². The van der Waals surface area contributed by atoms with Crippen LogP contribution in [0.1, 0.15) is 78.1 Å². The summed E-state index contributed by atoms with van der Waals surface area (Å²) in [6.45, 7) is 5.34. The highest BCUT2D eigenvalue weighted by atomic mass is 32.2. The van der Waals surface area contributed by atoms with Crippen molar-refractivity contribution in [1.29, 1.82) is 0 Å². The summed E-state index contributed by atoms with van der Waals surface area (Å²) in [6, 6.07) is 8.71. The monoisotopic (exact) mass is 383 g/mol. The van der Waals surface area contributed by atoms with E-state index in [2.05, 4.69) is 49.9 Å². The number of benzene rings is 1. The molecule has 4 unspecified atom stereocenters. The van der Waals surface area contributed by atoms with E-state index in [4.69, 9.17) is 5.73 Å². The van der Waals surface area contributed by atoms with Gasteiger partial charge in [0.2, 0.25) is 0 Å². The normalized spacial score (nSPS) is 46.4. The van der Waals surface area contributed by atoms with Gasteiger partial charge in [0.1, 0.15) is 0 Å². The molecule has 7 atom stereocenters. The number of fused-ring (bicyclic) bond motifs is 5. The highest BCUT2D eigenvalue weighted by Gasteiger charge is 2.60. The Labute approximate surface area is 170 Å². The Morgan fingerprint density at radius 3 is 2.52 bits per heavy atom. The summed E-state index contributed by atoms with van der Waals surface area (Å²) < 4.78 is 0. The zero-order chi connectivity index (χ0) is 18.6. The van der Waals surface area contributed by atoms with Gasteiger partial charge in [0, 0.05) is 15.8 Å². The molecule has 1 aromatic carbocycles. The van der Waals surface area contributed by atoms with Gasteiger partial charge in [0.25, 0.3) is 0 Å². The maximum absolute atomic E-state index is 5.95. The molecule has 1 nitrogen and oxygen atoms in total. The first kappa shape index (κ1) is 18.4. The zero-order valence-electron chi connectivity index (χ0n) is 17.3. The lowest BCUT2D eigenvalue weighted by molar-refractivity contribution is -0.0990. The average molecular weight is 384 g/mol. The van der Waals surface area contributed by atoms with Crippen LogP contribution in [0.15, 0.2) is 29.2 Å². The van der Waals surface area contributed by atoms with Crippen molar-refractivity contribution >= 4 is 17.4 Å². The quantitative estimate of drug-likeness (QED) is 0.548. The third-order valence-electron chi connectivity index (χ3n) is 9.53. The molecule has 27 heavy (non-hydrogen) atoms. The molecule has 1 aromatic rings. The molecule has 0 radical (unpaired) electrons. The third kappa shape index (κ3) is 2.96. The van der Waals surface area contributed by atoms with E-state index in [1.54, 1.807) is 0 Å². The molecule has 0 saturated heterocycles. The van der Waals surface area contributed by atoms with Crippen LogP contribution in [0.3, 0.4) is 0 Å². The minimum atomic E-state index is 0.630. The van der Waals surface area contributed by atoms with Crippen molar-refractivity contribution in [2.75, 3.05) is 5.73 Å². The lowest BCUT2D eigenvalue weighted by atomic mass is 9.45. The van der Waals surface area contributed by atoms with Gasteiger partial charge in [-0.05, 0) is 104 Å². The summed E-state index contributed by atoms with van der Waals surface area (Å²) in [6.07, 6.45) is 14.9. The van der Waals surface area contributed by atoms with Gasteiger partial charge in [-0.2, -0.15) is 0 Å². The number of nitrogens with two attached hydrogens (primary N) is 1. The van der Waals surface area contributed by atoms with Crippen LogP contribution >= 0.6 is 11.8 Å². The van der Waals surface area contributed by atoms with Crippen molar-refractivity contribution in [2.24, 2.45) is 34.5 Å². The Hall–Kier alpha value is -0.630. The molecule has 0 aromatic heterocycles. The lowest BCUT2D eigenvalue weighted by Gasteiger charge is -2.62. The van der Waals surface area contributed by atoms with Gasteiger partial charge in [-0.25, -0.2) is 0 Å². The molecule has 2 N–H and O–H groups in total. The molecule has 0 spiro atoms. The fraction of sp³-hybridized carbons (Fsp3) is 0.760. The van der Waals surface area contributed by atoms with Crippen LogP contribution in [0, 0.1) is 34.5 Å². The first-order valence-electron chi connectivity index (χ1n) is 11.5. The largest absolute Gasteiger partial charge is 0.399 e. The Balaban J connectivity index is 1.50. The molecule has 5 rings (SSSR count). The van der Waals surface area contributed by atoms with Crippen LogP contribution in [0.25, 0.3) is 0 Å². The molecule has 0 bridgehead atoms. The maximum atomic E-state index is 5.95. The summed E-state index contributed by atoms with van der Waals surface area (Å²) in [5.74, 6) is 3.85. The van der Waals surface area contributed by atoms with Crippen molar-refractivity contribution in [2.45, 2.75) is 88.2 Å². The van der Waals surface area contributed by atoms with E-state index >= 15 is 0 Å². The van der Waals surface area contributed by atoms with Gasteiger partial charge in [0.05, 0.1) is 0 Å². The predicted molar refractivity (Wildman–Crippen MR) is 117 cm³/mol. The minimum Gasteiger partial charge on any atom is -0.399 e. The van der Waals surface area contributed by atoms with Gasteiger partial charge in [0.15, 0.2) is 0 Å². The van der Waals surface area contributed by atoms with E-state index in [1.165, 1.54) is 69.1 Å². The van der Waals surface area contributed by atoms with Crippen molar-refractivity contribution < 1.29 is 0 Å². The summed E-state index contributed by atoms with van der Waals surface area (Å²) in [7, 11) is 0. The summed E-state index contributed by atoms with van der Waals surface area (Å²) in [5.41, 5.74) is 8.11. The number of thioether (sulfide) groups is 1. The number of hydrogen-bond acceptors (Lipinski definition) is 2. The number of hydrogen-bond donors (Lipinski definition) is 1. The fourth-order valence-corrected chi connectivity index (χ4v) is 9.57. The van der Waals surface area contributed by atoms with Crippen LogP contribution < -0.4 is 5.73 Å². The second-order valence-corrected chi connectivity index (χ2v) is 12.1. The summed E-state index contributed by atoms with van der Waals surface area (Å²) >= 11 is 2.21. The molecule has 4 saturated carbocycles. The Morgan fingerprint density at radius 1 is 0.889 bits per heavy atom. The van der Waals surface area contributed by atoms with Gasteiger partial charge in [-0.1, -0.05) is 33.1 Å². The molecule has 0 heterocycles. The average Bonchev–Trinajstić information content (AvgIpc) is 3.05. The van der Waals surface area contributed by atoms with E-state index in [9.17, 15) is 0 Å². The summed E-state index contributed by atoms with van der Waals surface area (Å²) in [5, 5.41) is 0.817. The molecule has 148 valence electrons. The first-order chi connectivity index (χ1) is 13.0. The molecule has 4 aliphatic rings. The number of rotatable bonds is 2. The summed E-state index contributed by atoms with van der Waals surface area (Å²) in [4.78, 5) is 1.44. The standard InChI is InChI=1S/C25H37NS/c1-24-13-5-7-20(24)23-21(12-15-24)25(2)14-4-3-6-17(25)16-22(23)27-19-10-8-18(26)9-11-19/h8-11,17,20-23H,3-7,12-16,26H2,1-2H3/t17-,20?,21?,22?,23?,24+,25+/m1/s1. The molecule has 4 aliphatic carbocycles. The number of anilines is 1. The van der Waals surface area contributed by atoms with Gasteiger partial charge >= 0.3 is 0 Å². The second-order valence-electron chi connectivity index (χ2n) is 10.8. The Kier molecular flexibility index (Phi) is 4.58. The third-order valence-corrected chi connectivity index (χ3v) is 10.9. The zero-order valence-corrected chi connectivity index (χ0v) is 18.1. The van der Waals surface area contributed by atoms with E-state index < -0.39 is 0 Å². The molecule has 2 heteroatoms. The van der Waals surface area contributed by atoms with Gasteiger partial charge < -0.3 is 5.73 Å². The lowest BCUT2D eigenvalue weighted by Crippen LogP contribution is -2.56. The smallest absolute Gasteiger partial charge is 0.0314 e. The molecule has 4 fully saturated rings. The second kappa shape index (κ2) is 6.71. The van der Waals surface area contributed by atoms with Gasteiger partial charge in [-0.3, -0.25) is 0 Å². The Morgan fingerprint density at radius 2 is 1.70 bits per heavy atom. The van der Waals surface area contributed by atoms with Crippen molar-refractivity contribution in [3.63, 3.8) is 0 Å². The minimum absolute atomic E-state index is 0.630. The predicted octanol–water partition coefficient (Wildman–Crippen LogP) is 7.16. The number of nitrogen functional groups attached to an aromatic ring is 1. The van der Waals surface area contributed by atoms with E-state index in [1.807, 2.05) is 0 Å². The Bertz CT molecular complexity index is 684. The van der Waals surface area contributed by atoms with Crippen LogP contribution in [0.4, 0.5) is 5.69 Å². The van der Waals surface area contributed by atoms with E-state index in [-0.39, 0.29) is 0 Å². The maximum Gasteiger partial charge on any atom is 0.0314 e. The van der Waals surface area contributed by atoms with Crippen LogP contribution in [-0.2, 0) is 0 Å². The first-order valence-corrected chi connectivity index (χ1v) is 12.4. The molecular weight excluding hydrogens is 346 g/mol. The SMILES string of the molecule is C[C@@]12CCCC1C1C(Sc3ccc(N)cc3)C[C@H]3CCCC[C@]3(C)C1CC2. The van der Waals surface area contributed by atoms with E-state index in [0.717, 1.165) is 34.6 Å².